The van der Waals surface area contributed by atoms with Crippen LogP contribution in [0.3, 0.4) is 0 Å². The lowest BCUT2D eigenvalue weighted by atomic mass is 9.65. The molecule has 12 heavy (non-hydrogen) atoms. The van der Waals surface area contributed by atoms with Gasteiger partial charge in [0.25, 0.3) is 0 Å². The van der Waals surface area contributed by atoms with Gasteiger partial charge in [-0.3, -0.25) is 0 Å². The predicted molar refractivity (Wildman–Crippen MR) is 46.8 cm³/mol. The minimum Gasteiger partial charge on any atom is -0.390 e. The SMILES string of the molecule is [B]C(O)(C=O)C(C)(O)C(C)C=C. The highest BCUT2D eigenvalue weighted by atomic mass is 16.4. The second-order valence-electron chi connectivity index (χ2n) is 3.12. The maximum Gasteiger partial charge on any atom is 0.144 e. The molecule has 0 rings (SSSR count). The third-order valence-electron chi connectivity index (χ3n) is 2.23. The van der Waals surface area contributed by atoms with Crippen molar-refractivity contribution < 1.29 is 15.0 Å². The number of aliphatic hydroxyl groups is 2. The van der Waals surface area contributed by atoms with Crippen molar-refractivity contribution >= 4 is 14.1 Å². The van der Waals surface area contributed by atoms with Crippen LogP contribution < -0.4 is 0 Å². The summed E-state index contributed by atoms with van der Waals surface area (Å²) in [5.74, 6) is -0.474. The third-order valence-corrected chi connectivity index (χ3v) is 2.23. The van der Waals surface area contributed by atoms with Crippen LogP contribution in [-0.2, 0) is 4.79 Å². The normalized spacial score (nSPS) is 23.3. The summed E-state index contributed by atoms with van der Waals surface area (Å²) in [6.45, 7) is 6.32. The van der Waals surface area contributed by atoms with Crippen LogP contribution in [0, 0.1) is 5.92 Å². The molecular formula is C8H13BO3. The molecule has 66 valence electrons. The van der Waals surface area contributed by atoms with Crippen molar-refractivity contribution in [3.8, 4) is 0 Å². The Balaban J connectivity index is 4.81. The number of aldehydes is 1. The van der Waals surface area contributed by atoms with Gasteiger partial charge in [0.2, 0.25) is 0 Å². The Bertz CT molecular complexity index is 187. The highest BCUT2D eigenvalue weighted by Crippen LogP contribution is 2.26. The quantitative estimate of drug-likeness (QED) is 0.341. The van der Waals surface area contributed by atoms with Crippen molar-refractivity contribution in [1.29, 1.82) is 0 Å². The Kier molecular flexibility index (Phi) is 3.24. The average molecular weight is 168 g/mol. The monoisotopic (exact) mass is 168 g/mol. The summed E-state index contributed by atoms with van der Waals surface area (Å²) >= 11 is 0. The van der Waals surface area contributed by atoms with Gasteiger partial charge in [-0.2, -0.15) is 0 Å². The first-order chi connectivity index (χ1) is 5.29. The van der Waals surface area contributed by atoms with Crippen LogP contribution in [-0.4, -0.2) is 35.4 Å². The van der Waals surface area contributed by atoms with Crippen molar-refractivity contribution in [2.24, 2.45) is 5.92 Å². The summed E-state index contributed by atoms with van der Waals surface area (Å²) < 4.78 is 0. The van der Waals surface area contributed by atoms with Crippen LogP contribution in [0.25, 0.3) is 0 Å². The van der Waals surface area contributed by atoms with Gasteiger partial charge in [-0.1, -0.05) is 13.0 Å². The van der Waals surface area contributed by atoms with Gasteiger partial charge < -0.3 is 15.0 Å². The van der Waals surface area contributed by atoms with Gasteiger partial charge in [-0.25, -0.2) is 0 Å². The van der Waals surface area contributed by atoms with Crippen LogP contribution in [0.2, 0.25) is 0 Å². The van der Waals surface area contributed by atoms with Gasteiger partial charge in [0.1, 0.15) is 19.6 Å². The fraction of sp³-hybridized carbons (Fsp3) is 0.625. The summed E-state index contributed by atoms with van der Waals surface area (Å²) in [5, 5.41) is 18.9. The van der Waals surface area contributed by atoms with Crippen LogP contribution >= 0.6 is 0 Å². The first-order valence-electron chi connectivity index (χ1n) is 3.62. The van der Waals surface area contributed by atoms with Crippen LogP contribution in [0.15, 0.2) is 12.7 Å². The second-order valence-corrected chi connectivity index (χ2v) is 3.12. The van der Waals surface area contributed by atoms with Crippen molar-refractivity contribution in [1.82, 2.24) is 0 Å². The molecule has 0 heterocycles. The van der Waals surface area contributed by atoms with E-state index in [4.69, 9.17) is 7.85 Å². The smallest absolute Gasteiger partial charge is 0.144 e. The van der Waals surface area contributed by atoms with E-state index in [0.29, 0.717) is 0 Å². The molecule has 3 atom stereocenters. The molecule has 0 aromatic carbocycles. The summed E-state index contributed by atoms with van der Waals surface area (Å²) in [6.07, 6.45) is 1.54. The Hall–Kier alpha value is -0.605. The van der Waals surface area contributed by atoms with Gasteiger partial charge in [-0.05, 0) is 6.92 Å². The Labute approximate surface area is 73.5 Å². The van der Waals surface area contributed by atoms with Crippen LogP contribution in [0.4, 0.5) is 0 Å². The largest absolute Gasteiger partial charge is 0.390 e. The number of hydrogen-bond acceptors (Lipinski definition) is 3. The van der Waals surface area contributed by atoms with Crippen molar-refractivity contribution in [3.63, 3.8) is 0 Å². The Morgan fingerprint density at radius 2 is 2.00 bits per heavy atom. The molecule has 0 amide bonds. The van der Waals surface area contributed by atoms with Gasteiger partial charge in [-0.15, -0.1) is 6.58 Å². The van der Waals surface area contributed by atoms with E-state index in [0.717, 1.165) is 0 Å². The van der Waals surface area contributed by atoms with Crippen molar-refractivity contribution in [3.05, 3.63) is 12.7 Å². The van der Waals surface area contributed by atoms with E-state index in [1.165, 1.54) is 13.0 Å². The maximum absolute atomic E-state index is 10.3. The molecule has 3 unspecified atom stereocenters. The standard InChI is InChI=1S/C8H13BO3/c1-4-6(2)7(3,11)8(9,12)5-10/h4-6,11-12H,1H2,2-3H3. The molecular weight excluding hydrogens is 155 g/mol. The molecule has 0 fully saturated rings. The molecule has 0 saturated heterocycles. The van der Waals surface area contributed by atoms with Crippen molar-refractivity contribution in [2.75, 3.05) is 0 Å². The average Bonchev–Trinajstić information content (AvgIpc) is 2.02. The second kappa shape index (κ2) is 3.41. The zero-order valence-electron chi connectivity index (χ0n) is 7.32. The van der Waals surface area contributed by atoms with E-state index in [1.54, 1.807) is 6.92 Å². The van der Waals surface area contributed by atoms with E-state index in [2.05, 4.69) is 6.58 Å². The molecule has 4 heteroatoms. The summed E-state index contributed by atoms with van der Waals surface area (Å²) in [7, 11) is 5.16. The van der Waals surface area contributed by atoms with E-state index >= 15 is 0 Å². The fourth-order valence-electron chi connectivity index (χ4n) is 0.713. The molecule has 0 spiro atoms. The molecule has 0 aromatic rings. The maximum atomic E-state index is 10.3. The summed E-state index contributed by atoms with van der Waals surface area (Å²) in [5.41, 5.74) is -3.93. The molecule has 0 aliphatic heterocycles. The van der Waals surface area contributed by atoms with Gasteiger partial charge >= 0.3 is 0 Å². The van der Waals surface area contributed by atoms with E-state index in [1.807, 2.05) is 0 Å². The molecule has 0 bridgehead atoms. The van der Waals surface area contributed by atoms with Gasteiger partial charge in [0.05, 0.1) is 5.60 Å². The van der Waals surface area contributed by atoms with E-state index < -0.39 is 17.0 Å². The number of hydrogen-bond donors (Lipinski definition) is 2. The zero-order chi connectivity index (χ0) is 9.99. The zero-order valence-corrected chi connectivity index (χ0v) is 7.32. The minimum atomic E-state index is -2.24. The summed E-state index contributed by atoms with van der Waals surface area (Å²) in [6, 6.07) is 0. The fourth-order valence-corrected chi connectivity index (χ4v) is 0.713. The molecule has 0 aliphatic rings. The topological polar surface area (TPSA) is 57.5 Å². The Morgan fingerprint density at radius 3 is 2.25 bits per heavy atom. The third kappa shape index (κ3) is 1.76. The molecule has 3 nitrogen and oxygen atoms in total. The lowest BCUT2D eigenvalue weighted by Gasteiger charge is -2.38. The molecule has 0 aliphatic carbocycles. The van der Waals surface area contributed by atoms with Gasteiger partial charge in [0, 0.05) is 5.92 Å². The van der Waals surface area contributed by atoms with Gasteiger partial charge in [0.15, 0.2) is 0 Å². The van der Waals surface area contributed by atoms with Crippen molar-refractivity contribution in [2.45, 2.75) is 24.9 Å². The molecule has 2 radical (unpaired) electrons. The molecule has 0 saturated carbocycles. The van der Waals surface area contributed by atoms with E-state index in [9.17, 15) is 15.0 Å². The highest BCUT2D eigenvalue weighted by Gasteiger charge is 2.43. The lowest BCUT2D eigenvalue weighted by molar-refractivity contribution is -0.142. The Morgan fingerprint density at radius 1 is 1.58 bits per heavy atom. The van der Waals surface area contributed by atoms with Crippen LogP contribution in [0.5, 0.6) is 0 Å². The lowest BCUT2D eigenvalue weighted by Crippen LogP contribution is -2.57. The number of carbonyl (C=O) groups is 1. The highest BCUT2D eigenvalue weighted by molar-refractivity contribution is 6.24. The minimum absolute atomic E-state index is 0.118. The number of rotatable bonds is 4. The number of carbonyl (C=O) groups excluding carboxylic acids is 1. The summed E-state index contributed by atoms with van der Waals surface area (Å²) in [4.78, 5) is 10.3. The first kappa shape index (κ1) is 11.4. The van der Waals surface area contributed by atoms with E-state index in [-0.39, 0.29) is 6.29 Å². The predicted octanol–water partition coefficient (Wildman–Crippen LogP) is -0.385. The molecule has 2 N–H and O–H groups in total. The molecule has 0 aromatic heterocycles. The first-order valence-corrected chi connectivity index (χ1v) is 3.62. The van der Waals surface area contributed by atoms with Crippen LogP contribution in [0.1, 0.15) is 13.8 Å².